The zero-order valence-electron chi connectivity index (χ0n) is 17.5. The van der Waals surface area contributed by atoms with E-state index >= 15 is 0 Å². The van der Waals surface area contributed by atoms with Crippen molar-refractivity contribution in [3.8, 4) is 11.5 Å². The summed E-state index contributed by atoms with van der Waals surface area (Å²) in [6.07, 6.45) is 6.76. The van der Waals surface area contributed by atoms with Gasteiger partial charge in [0, 0.05) is 18.7 Å². The minimum absolute atomic E-state index is 0.192. The molecule has 1 heterocycles. The summed E-state index contributed by atoms with van der Waals surface area (Å²) in [6.45, 7) is 2.31. The molecule has 7 nitrogen and oxygen atoms in total. The van der Waals surface area contributed by atoms with Crippen molar-refractivity contribution < 1.29 is 14.3 Å². The molecule has 1 amide bonds. The molecule has 2 N–H and O–H groups in total. The molecule has 1 fully saturated rings. The van der Waals surface area contributed by atoms with Crippen LogP contribution in [0.25, 0.3) is 0 Å². The Balaban J connectivity index is 1.57. The average molecular weight is 399 g/mol. The maximum absolute atomic E-state index is 12.6. The highest BCUT2D eigenvalue weighted by Gasteiger charge is 2.16. The smallest absolute Gasteiger partial charge is 0.270 e. The van der Waals surface area contributed by atoms with Crippen LogP contribution in [-0.4, -0.2) is 42.7 Å². The van der Waals surface area contributed by atoms with Crippen LogP contribution >= 0.6 is 0 Å². The van der Waals surface area contributed by atoms with Gasteiger partial charge in [-0.25, -0.2) is 9.97 Å². The van der Waals surface area contributed by atoms with E-state index in [0.29, 0.717) is 42.0 Å². The first-order chi connectivity index (χ1) is 14.1. The minimum atomic E-state index is -0.192. The molecule has 29 heavy (non-hydrogen) atoms. The van der Waals surface area contributed by atoms with Gasteiger partial charge in [0.05, 0.1) is 14.2 Å². The fraction of sp³-hybridized carbons (Fsp3) is 0.500. The van der Waals surface area contributed by atoms with Gasteiger partial charge in [0.15, 0.2) is 11.5 Å². The van der Waals surface area contributed by atoms with Crippen molar-refractivity contribution in [3.05, 3.63) is 41.3 Å². The summed E-state index contributed by atoms with van der Waals surface area (Å²) >= 11 is 0. The number of aromatic nitrogens is 2. The van der Waals surface area contributed by atoms with Gasteiger partial charge in [0.2, 0.25) is 0 Å². The van der Waals surface area contributed by atoms with Gasteiger partial charge in [-0.1, -0.05) is 25.3 Å². The summed E-state index contributed by atoms with van der Waals surface area (Å²) < 4.78 is 10.6. The van der Waals surface area contributed by atoms with E-state index in [1.165, 1.54) is 19.3 Å². The number of hydrogen-bond donors (Lipinski definition) is 2. The van der Waals surface area contributed by atoms with Crippen molar-refractivity contribution in [1.82, 2.24) is 15.3 Å². The molecule has 156 valence electrons. The Hall–Kier alpha value is -2.83. The Labute approximate surface area is 172 Å². The fourth-order valence-corrected chi connectivity index (χ4v) is 3.66. The molecular weight excluding hydrogens is 368 g/mol. The third-order valence-electron chi connectivity index (χ3n) is 5.17. The lowest BCUT2D eigenvalue weighted by Gasteiger charge is -2.23. The monoisotopic (exact) mass is 398 g/mol. The number of rotatable bonds is 8. The molecule has 1 aliphatic rings. The average Bonchev–Trinajstić information content (AvgIpc) is 2.73. The van der Waals surface area contributed by atoms with Crippen molar-refractivity contribution in [2.45, 2.75) is 51.5 Å². The number of nitrogens with zero attached hydrogens (tertiary/aromatic N) is 2. The number of anilines is 1. The number of hydrogen-bond acceptors (Lipinski definition) is 6. The van der Waals surface area contributed by atoms with Crippen LogP contribution in [0.15, 0.2) is 24.3 Å². The number of carbonyl (C=O) groups is 1. The van der Waals surface area contributed by atoms with Crippen LogP contribution in [0.3, 0.4) is 0 Å². The van der Waals surface area contributed by atoms with Crippen LogP contribution in [-0.2, 0) is 6.42 Å². The van der Waals surface area contributed by atoms with Crippen molar-refractivity contribution >= 4 is 11.7 Å². The lowest BCUT2D eigenvalue weighted by Crippen LogP contribution is -2.28. The largest absolute Gasteiger partial charge is 0.493 e. The van der Waals surface area contributed by atoms with Gasteiger partial charge in [0.25, 0.3) is 5.91 Å². The number of methoxy groups -OCH3 is 2. The molecule has 0 unspecified atom stereocenters. The van der Waals surface area contributed by atoms with Crippen LogP contribution < -0.4 is 20.1 Å². The zero-order valence-corrected chi connectivity index (χ0v) is 17.5. The molecule has 7 heteroatoms. The van der Waals surface area contributed by atoms with Gasteiger partial charge < -0.3 is 20.1 Å². The first-order valence-electron chi connectivity index (χ1n) is 10.2. The molecule has 1 aromatic heterocycles. The third-order valence-corrected chi connectivity index (χ3v) is 5.17. The Morgan fingerprint density at radius 3 is 2.55 bits per heavy atom. The number of nitrogens with one attached hydrogen (secondary N) is 2. The number of aryl methyl sites for hydroxylation is 1. The van der Waals surface area contributed by atoms with Gasteiger partial charge in [-0.15, -0.1) is 0 Å². The third kappa shape index (κ3) is 5.82. The molecule has 0 atom stereocenters. The number of ether oxygens (including phenoxy) is 2. The van der Waals surface area contributed by atoms with E-state index in [1.54, 1.807) is 20.3 Å². The predicted octanol–water partition coefficient (Wildman–Crippen LogP) is 3.52. The minimum Gasteiger partial charge on any atom is -0.493 e. The van der Waals surface area contributed by atoms with Crippen molar-refractivity contribution in [1.29, 1.82) is 0 Å². The molecule has 0 bridgehead atoms. The zero-order chi connectivity index (χ0) is 20.6. The van der Waals surface area contributed by atoms with E-state index in [4.69, 9.17) is 9.47 Å². The molecule has 0 spiro atoms. The Bertz CT molecular complexity index is 835. The van der Waals surface area contributed by atoms with Crippen LogP contribution in [0.4, 0.5) is 5.82 Å². The van der Waals surface area contributed by atoms with E-state index in [2.05, 4.69) is 20.6 Å². The van der Waals surface area contributed by atoms with Crippen LogP contribution in [0.2, 0.25) is 0 Å². The second-order valence-electron chi connectivity index (χ2n) is 7.36. The Morgan fingerprint density at radius 1 is 1.07 bits per heavy atom. The molecule has 2 aromatic rings. The van der Waals surface area contributed by atoms with E-state index in [9.17, 15) is 4.79 Å². The van der Waals surface area contributed by atoms with Crippen LogP contribution in [0.5, 0.6) is 11.5 Å². The van der Waals surface area contributed by atoms with Crippen LogP contribution in [0.1, 0.15) is 54.0 Å². The lowest BCUT2D eigenvalue weighted by atomic mass is 9.95. The van der Waals surface area contributed by atoms with Crippen molar-refractivity contribution in [2.75, 3.05) is 26.1 Å². The van der Waals surface area contributed by atoms with Gasteiger partial charge in [0.1, 0.15) is 17.3 Å². The van der Waals surface area contributed by atoms with Gasteiger partial charge in [-0.3, -0.25) is 4.79 Å². The van der Waals surface area contributed by atoms with E-state index in [1.807, 2.05) is 25.1 Å². The highest BCUT2D eigenvalue weighted by molar-refractivity contribution is 5.92. The first-order valence-corrected chi connectivity index (χ1v) is 10.2. The highest BCUT2D eigenvalue weighted by atomic mass is 16.5. The van der Waals surface area contributed by atoms with Crippen molar-refractivity contribution in [3.63, 3.8) is 0 Å². The van der Waals surface area contributed by atoms with E-state index in [0.717, 1.165) is 24.2 Å². The van der Waals surface area contributed by atoms with E-state index < -0.39 is 0 Å². The van der Waals surface area contributed by atoms with Gasteiger partial charge >= 0.3 is 0 Å². The van der Waals surface area contributed by atoms with E-state index in [-0.39, 0.29) is 5.91 Å². The Morgan fingerprint density at radius 2 is 1.83 bits per heavy atom. The molecule has 0 saturated heterocycles. The summed E-state index contributed by atoms with van der Waals surface area (Å²) in [5.41, 5.74) is 1.45. The van der Waals surface area contributed by atoms with Crippen molar-refractivity contribution in [2.24, 2.45) is 0 Å². The summed E-state index contributed by atoms with van der Waals surface area (Å²) in [7, 11) is 3.22. The second-order valence-corrected chi connectivity index (χ2v) is 7.36. The lowest BCUT2D eigenvalue weighted by molar-refractivity contribution is 0.0948. The SMILES string of the molecule is COc1ccc(CCNC(=O)c2cc(NC3CCCCC3)nc(C)n2)cc1OC. The summed E-state index contributed by atoms with van der Waals surface area (Å²) in [5, 5.41) is 6.41. The quantitative estimate of drug-likeness (QED) is 0.708. The second kappa shape index (κ2) is 10.1. The molecular formula is C22H30N4O3. The molecule has 1 aliphatic carbocycles. The van der Waals surface area contributed by atoms with Gasteiger partial charge in [-0.2, -0.15) is 0 Å². The fourth-order valence-electron chi connectivity index (χ4n) is 3.66. The molecule has 1 aromatic carbocycles. The number of benzene rings is 1. The predicted molar refractivity (Wildman–Crippen MR) is 113 cm³/mol. The summed E-state index contributed by atoms with van der Waals surface area (Å²) in [5.74, 6) is 2.50. The summed E-state index contributed by atoms with van der Waals surface area (Å²) in [6, 6.07) is 7.93. The maximum Gasteiger partial charge on any atom is 0.270 e. The summed E-state index contributed by atoms with van der Waals surface area (Å²) in [4.78, 5) is 21.3. The first kappa shape index (κ1) is 20.9. The normalized spacial score (nSPS) is 14.3. The molecule has 1 saturated carbocycles. The molecule has 3 rings (SSSR count). The molecule has 0 aliphatic heterocycles. The Kier molecular flexibility index (Phi) is 7.27. The maximum atomic E-state index is 12.6. The van der Waals surface area contributed by atoms with Crippen LogP contribution in [0, 0.1) is 6.92 Å². The topological polar surface area (TPSA) is 85.4 Å². The number of carbonyl (C=O) groups excluding carboxylic acids is 1. The number of amides is 1. The van der Waals surface area contributed by atoms with Gasteiger partial charge in [-0.05, 0) is 43.9 Å². The molecule has 0 radical (unpaired) electrons. The standard InChI is InChI=1S/C22H30N4O3/c1-15-24-18(14-21(25-15)26-17-7-5-4-6-8-17)22(27)23-12-11-16-9-10-19(28-2)20(13-16)29-3/h9-10,13-14,17H,4-8,11-12H2,1-3H3,(H,23,27)(H,24,25,26). The highest BCUT2D eigenvalue weighted by Crippen LogP contribution is 2.27.